The summed E-state index contributed by atoms with van der Waals surface area (Å²) < 4.78 is 5.69. The molecule has 3 aromatic rings. The Morgan fingerprint density at radius 1 is 1.24 bits per heavy atom. The third-order valence-electron chi connectivity index (χ3n) is 3.23. The summed E-state index contributed by atoms with van der Waals surface area (Å²) in [6.45, 7) is 2.12. The molecular weight excluding hydrogens is 266 g/mol. The highest BCUT2D eigenvalue weighted by molar-refractivity contribution is 5.77. The van der Waals surface area contributed by atoms with Gasteiger partial charge in [-0.15, -0.1) is 0 Å². The molecule has 0 atom stereocenters. The molecule has 5 heteroatoms. The molecule has 0 bridgehead atoms. The molecule has 1 aromatic heterocycles. The number of aromatic amines is 1. The van der Waals surface area contributed by atoms with Crippen molar-refractivity contribution in [2.45, 2.75) is 13.5 Å². The van der Waals surface area contributed by atoms with Crippen LogP contribution in [0.3, 0.4) is 0 Å². The first-order valence-electron chi connectivity index (χ1n) is 6.60. The molecule has 1 heterocycles. The lowest BCUT2D eigenvalue weighted by Crippen LogP contribution is -2.13. The van der Waals surface area contributed by atoms with Gasteiger partial charge in [0.25, 0.3) is 5.56 Å². The Balaban J connectivity index is 1.87. The Labute approximate surface area is 121 Å². The van der Waals surface area contributed by atoms with E-state index in [2.05, 4.69) is 9.97 Å². The number of anilines is 1. The summed E-state index contributed by atoms with van der Waals surface area (Å²) in [5, 5.41) is 0.574. The first kappa shape index (κ1) is 13.2. The van der Waals surface area contributed by atoms with Crippen molar-refractivity contribution in [2.75, 3.05) is 5.73 Å². The van der Waals surface area contributed by atoms with Crippen molar-refractivity contribution >= 4 is 16.6 Å². The van der Waals surface area contributed by atoms with Gasteiger partial charge in [0.1, 0.15) is 18.2 Å². The number of aromatic nitrogens is 2. The van der Waals surface area contributed by atoms with Crippen LogP contribution in [0.2, 0.25) is 0 Å². The fraction of sp³-hybridized carbons (Fsp3) is 0.125. The van der Waals surface area contributed by atoms with E-state index in [4.69, 9.17) is 10.5 Å². The maximum Gasteiger partial charge on any atom is 0.258 e. The van der Waals surface area contributed by atoms with Crippen LogP contribution < -0.4 is 16.0 Å². The minimum absolute atomic E-state index is 0.159. The maximum absolute atomic E-state index is 12.0. The molecule has 3 N–H and O–H groups in total. The largest absolute Gasteiger partial charge is 0.485 e. The van der Waals surface area contributed by atoms with E-state index in [1.807, 2.05) is 37.3 Å². The number of rotatable bonds is 3. The van der Waals surface area contributed by atoms with Crippen molar-refractivity contribution in [1.29, 1.82) is 0 Å². The lowest BCUT2D eigenvalue weighted by molar-refractivity contribution is 0.294. The average Bonchev–Trinajstić information content (AvgIpc) is 2.46. The zero-order chi connectivity index (χ0) is 14.8. The molecule has 0 radical (unpaired) electrons. The number of nitrogens with zero attached hydrogens (tertiary/aromatic N) is 1. The molecule has 5 nitrogen and oxygen atoms in total. The summed E-state index contributed by atoms with van der Waals surface area (Å²) in [7, 11) is 0. The van der Waals surface area contributed by atoms with E-state index >= 15 is 0 Å². The monoisotopic (exact) mass is 281 g/mol. The van der Waals surface area contributed by atoms with Crippen LogP contribution in [0.5, 0.6) is 5.75 Å². The summed E-state index contributed by atoms with van der Waals surface area (Å²) in [6.07, 6.45) is 0. The number of nitrogens with two attached hydrogens (primary N) is 1. The van der Waals surface area contributed by atoms with Gasteiger partial charge in [-0.1, -0.05) is 12.1 Å². The van der Waals surface area contributed by atoms with Gasteiger partial charge in [-0.3, -0.25) is 4.79 Å². The Morgan fingerprint density at radius 2 is 2.05 bits per heavy atom. The van der Waals surface area contributed by atoms with Crippen LogP contribution in [0, 0.1) is 6.92 Å². The molecule has 3 rings (SSSR count). The van der Waals surface area contributed by atoms with E-state index in [9.17, 15) is 4.79 Å². The highest BCUT2D eigenvalue weighted by Crippen LogP contribution is 2.20. The Kier molecular flexibility index (Phi) is 3.31. The molecule has 21 heavy (non-hydrogen) atoms. The number of H-pyrrole nitrogens is 1. The van der Waals surface area contributed by atoms with E-state index < -0.39 is 0 Å². The number of benzene rings is 2. The predicted molar refractivity (Wildman–Crippen MR) is 82.3 cm³/mol. The third kappa shape index (κ3) is 2.72. The van der Waals surface area contributed by atoms with E-state index in [1.165, 1.54) is 0 Å². The summed E-state index contributed by atoms with van der Waals surface area (Å²) in [6, 6.07) is 12.6. The maximum atomic E-state index is 12.0. The van der Waals surface area contributed by atoms with Crippen LogP contribution in [0.15, 0.2) is 47.3 Å². The number of ether oxygens (including phenoxy) is 1. The summed E-state index contributed by atoms with van der Waals surface area (Å²) in [4.78, 5) is 19.1. The SMILES string of the molecule is Cc1cc(N)ccc1OCc1nc2ccccc2c(=O)[nH]1. The molecular formula is C16H15N3O2. The fourth-order valence-electron chi connectivity index (χ4n) is 2.18. The zero-order valence-corrected chi connectivity index (χ0v) is 11.6. The molecule has 0 saturated heterocycles. The Hall–Kier alpha value is -2.82. The minimum atomic E-state index is -0.159. The summed E-state index contributed by atoms with van der Waals surface area (Å²) in [5.41, 5.74) is 7.84. The molecule has 0 spiro atoms. The number of hydrogen-bond acceptors (Lipinski definition) is 4. The first-order valence-corrected chi connectivity index (χ1v) is 6.60. The van der Waals surface area contributed by atoms with Crippen molar-refractivity contribution in [3.63, 3.8) is 0 Å². The lowest BCUT2D eigenvalue weighted by Gasteiger charge is -2.09. The summed E-state index contributed by atoms with van der Waals surface area (Å²) >= 11 is 0. The van der Waals surface area contributed by atoms with Crippen molar-refractivity contribution in [3.8, 4) is 5.75 Å². The van der Waals surface area contributed by atoms with Gasteiger partial charge < -0.3 is 15.5 Å². The minimum Gasteiger partial charge on any atom is -0.485 e. The topological polar surface area (TPSA) is 81.0 Å². The number of nitrogens with one attached hydrogen (secondary N) is 1. The van der Waals surface area contributed by atoms with E-state index in [1.54, 1.807) is 12.1 Å². The van der Waals surface area contributed by atoms with Crippen molar-refractivity contribution in [1.82, 2.24) is 9.97 Å². The quantitative estimate of drug-likeness (QED) is 0.722. The molecule has 0 aliphatic carbocycles. The number of hydrogen-bond donors (Lipinski definition) is 2. The van der Waals surface area contributed by atoms with Gasteiger partial charge >= 0.3 is 0 Å². The molecule has 106 valence electrons. The van der Waals surface area contributed by atoms with Crippen molar-refractivity contribution in [2.24, 2.45) is 0 Å². The highest BCUT2D eigenvalue weighted by atomic mass is 16.5. The number of nitrogen functional groups attached to an aromatic ring is 1. The predicted octanol–water partition coefficient (Wildman–Crippen LogP) is 2.39. The van der Waals surface area contributed by atoms with E-state index in [-0.39, 0.29) is 12.2 Å². The fourth-order valence-corrected chi connectivity index (χ4v) is 2.18. The average molecular weight is 281 g/mol. The smallest absolute Gasteiger partial charge is 0.258 e. The van der Waals surface area contributed by atoms with Crippen LogP contribution in [-0.4, -0.2) is 9.97 Å². The second kappa shape index (κ2) is 5.28. The third-order valence-corrected chi connectivity index (χ3v) is 3.23. The molecule has 0 aliphatic heterocycles. The van der Waals surface area contributed by atoms with E-state index in [0.29, 0.717) is 22.4 Å². The highest BCUT2D eigenvalue weighted by Gasteiger charge is 2.05. The second-order valence-electron chi connectivity index (χ2n) is 4.84. The lowest BCUT2D eigenvalue weighted by atomic mass is 10.2. The van der Waals surface area contributed by atoms with Crippen molar-refractivity contribution in [3.05, 3.63) is 64.2 Å². The van der Waals surface area contributed by atoms with Gasteiger partial charge in [-0.05, 0) is 42.8 Å². The Morgan fingerprint density at radius 3 is 2.86 bits per heavy atom. The number of fused-ring (bicyclic) bond motifs is 1. The molecule has 0 aliphatic rings. The normalized spacial score (nSPS) is 10.7. The Bertz CT molecular complexity index is 856. The van der Waals surface area contributed by atoms with Gasteiger partial charge in [0.05, 0.1) is 10.9 Å². The van der Waals surface area contributed by atoms with Gasteiger partial charge in [0, 0.05) is 5.69 Å². The first-order chi connectivity index (χ1) is 10.1. The summed E-state index contributed by atoms with van der Waals surface area (Å²) in [5.74, 6) is 1.22. The molecule has 0 amide bonds. The molecule has 0 fully saturated rings. The zero-order valence-electron chi connectivity index (χ0n) is 11.6. The van der Waals surface area contributed by atoms with Gasteiger partial charge in [-0.25, -0.2) is 4.98 Å². The van der Waals surface area contributed by atoms with Gasteiger partial charge in [-0.2, -0.15) is 0 Å². The number of aryl methyl sites for hydroxylation is 1. The molecule has 2 aromatic carbocycles. The van der Waals surface area contributed by atoms with Crippen LogP contribution in [-0.2, 0) is 6.61 Å². The standard InChI is InChI=1S/C16H15N3O2/c1-10-8-11(17)6-7-14(10)21-9-15-18-13-5-3-2-4-12(13)16(20)19-15/h2-8H,9,17H2,1H3,(H,18,19,20). The molecule has 0 unspecified atom stereocenters. The number of para-hydroxylation sites is 1. The van der Waals surface area contributed by atoms with E-state index in [0.717, 1.165) is 11.3 Å². The van der Waals surface area contributed by atoms with Crippen LogP contribution >= 0.6 is 0 Å². The molecule has 0 saturated carbocycles. The van der Waals surface area contributed by atoms with Crippen LogP contribution in [0.1, 0.15) is 11.4 Å². The van der Waals surface area contributed by atoms with Crippen molar-refractivity contribution < 1.29 is 4.74 Å². The van der Waals surface area contributed by atoms with Gasteiger partial charge in [0.2, 0.25) is 0 Å². The van der Waals surface area contributed by atoms with Crippen LogP contribution in [0.25, 0.3) is 10.9 Å². The van der Waals surface area contributed by atoms with Crippen LogP contribution in [0.4, 0.5) is 5.69 Å². The van der Waals surface area contributed by atoms with Gasteiger partial charge in [0.15, 0.2) is 0 Å². The second-order valence-corrected chi connectivity index (χ2v) is 4.84.